The third-order valence-electron chi connectivity index (χ3n) is 1.34. The molecule has 0 aliphatic rings. The first-order chi connectivity index (χ1) is 5.24. The number of aryl methyl sites for hydroxylation is 1. The van der Waals surface area contributed by atoms with Gasteiger partial charge in [-0.1, -0.05) is 6.92 Å². The Hall–Kier alpha value is -1.45. The smallest absolute Gasteiger partial charge is 0.358 e. The Balaban J connectivity index is 3.01. The molecule has 11 heavy (non-hydrogen) atoms. The SMILES string of the molecule is CCc1cccc([N+](=O)[O-])n1. The molecule has 1 aromatic heterocycles. The van der Waals surface area contributed by atoms with Crippen LogP contribution < -0.4 is 0 Å². The highest BCUT2D eigenvalue weighted by atomic mass is 16.6. The number of nitro groups is 1. The Morgan fingerprint density at radius 3 is 2.91 bits per heavy atom. The normalized spacial score (nSPS) is 9.55. The summed E-state index contributed by atoms with van der Waals surface area (Å²) in [5, 5.41) is 10.2. The second-order valence-corrected chi connectivity index (χ2v) is 2.10. The zero-order chi connectivity index (χ0) is 8.27. The van der Waals surface area contributed by atoms with Crippen molar-refractivity contribution >= 4 is 5.82 Å². The van der Waals surface area contributed by atoms with Crippen LogP contribution in [0.25, 0.3) is 0 Å². The molecule has 0 fully saturated rings. The maximum atomic E-state index is 10.2. The molecule has 0 N–H and O–H groups in total. The van der Waals surface area contributed by atoms with Gasteiger partial charge in [-0.05, 0) is 22.0 Å². The molecule has 1 aromatic rings. The zero-order valence-corrected chi connectivity index (χ0v) is 6.15. The minimum absolute atomic E-state index is 0.0793. The van der Waals surface area contributed by atoms with Crippen molar-refractivity contribution in [3.63, 3.8) is 0 Å². The van der Waals surface area contributed by atoms with Gasteiger partial charge in [0.15, 0.2) is 5.69 Å². The van der Waals surface area contributed by atoms with Crippen molar-refractivity contribution in [1.82, 2.24) is 4.98 Å². The Kier molecular flexibility index (Phi) is 2.15. The summed E-state index contributed by atoms with van der Waals surface area (Å²) >= 11 is 0. The van der Waals surface area contributed by atoms with Gasteiger partial charge in [0.1, 0.15) is 0 Å². The Morgan fingerprint density at radius 2 is 2.36 bits per heavy atom. The zero-order valence-electron chi connectivity index (χ0n) is 6.15. The lowest BCUT2D eigenvalue weighted by Crippen LogP contribution is -1.94. The van der Waals surface area contributed by atoms with Gasteiger partial charge in [-0.15, -0.1) is 0 Å². The van der Waals surface area contributed by atoms with Crippen LogP contribution in [-0.4, -0.2) is 9.91 Å². The van der Waals surface area contributed by atoms with Crippen LogP contribution in [0, 0.1) is 10.1 Å². The summed E-state index contributed by atoms with van der Waals surface area (Å²) in [6, 6.07) is 4.80. The highest BCUT2D eigenvalue weighted by Crippen LogP contribution is 2.07. The van der Waals surface area contributed by atoms with Crippen molar-refractivity contribution in [2.45, 2.75) is 13.3 Å². The summed E-state index contributed by atoms with van der Waals surface area (Å²) in [5.41, 5.74) is 0.749. The summed E-state index contributed by atoms with van der Waals surface area (Å²) in [5.74, 6) is -0.0793. The molecule has 0 unspecified atom stereocenters. The van der Waals surface area contributed by atoms with Crippen molar-refractivity contribution in [3.05, 3.63) is 34.0 Å². The lowest BCUT2D eigenvalue weighted by atomic mass is 10.3. The molecule has 58 valence electrons. The van der Waals surface area contributed by atoms with Gasteiger partial charge < -0.3 is 10.1 Å². The average Bonchev–Trinajstić information content (AvgIpc) is 2.05. The van der Waals surface area contributed by atoms with E-state index in [1.807, 2.05) is 6.92 Å². The second-order valence-electron chi connectivity index (χ2n) is 2.10. The first kappa shape index (κ1) is 7.65. The second kappa shape index (κ2) is 3.09. The monoisotopic (exact) mass is 152 g/mol. The van der Waals surface area contributed by atoms with Gasteiger partial charge in [0, 0.05) is 12.5 Å². The molecule has 0 saturated heterocycles. The molecule has 0 aliphatic heterocycles. The molecule has 4 heteroatoms. The molecule has 0 aliphatic carbocycles. The van der Waals surface area contributed by atoms with Crippen LogP contribution in [0.1, 0.15) is 12.6 Å². The molecule has 1 rings (SSSR count). The first-order valence-electron chi connectivity index (χ1n) is 3.34. The fourth-order valence-electron chi connectivity index (χ4n) is 0.766. The predicted molar refractivity (Wildman–Crippen MR) is 40.3 cm³/mol. The summed E-state index contributed by atoms with van der Waals surface area (Å²) in [4.78, 5) is 13.5. The fourth-order valence-corrected chi connectivity index (χ4v) is 0.766. The lowest BCUT2D eigenvalue weighted by Gasteiger charge is -1.91. The van der Waals surface area contributed by atoms with Crippen LogP contribution in [-0.2, 0) is 6.42 Å². The van der Waals surface area contributed by atoms with E-state index in [0.29, 0.717) is 0 Å². The van der Waals surface area contributed by atoms with Crippen LogP contribution in [0.2, 0.25) is 0 Å². The molecule has 4 nitrogen and oxygen atoms in total. The molecule has 1 heterocycles. The third-order valence-corrected chi connectivity index (χ3v) is 1.34. The van der Waals surface area contributed by atoms with E-state index < -0.39 is 4.92 Å². The van der Waals surface area contributed by atoms with Gasteiger partial charge in [0.2, 0.25) is 0 Å². The van der Waals surface area contributed by atoms with Crippen molar-refractivity contribution in [2.75, 3.05) is 0 Å². The Morgan fingerprint density at radius 1 is 1.64 bits per heavy atom. The highest BCUT2D eigenvalue weighted by Gasteiger charge is 2.06. The number of aromatic nitrogens is 1. The van der Waals surface area contributed by atoms with Gasteiger partial charge in [-0.2, -0.15) is 0 Å². The number of nitrogens with zero attached hydrogens (tertiary/aromatic N) is 2. The van der Waals surface area contributed by atoms with Crippen LogP contribution in [0.3, 0.4) is 0 Å². The minimum atomic E-state index is -0.487. The van der Waals surface area contributed by atoms with Crippen LogP contribution in [0.5, 0.6) is 0 Å². The Bertz CT molecular complexity index is 273. The van der Waals surface area contributed by atoms with Crippen molar-refractivity contribution in [1.29, 1.82) is 0 Å². The van der Waals surface area contributed by atoms with Crippen LogP contribution in [0.15, 0.2) is 18.2 Å². The third kappa shape index (κ3) is 1.73. The van der Waals surface area contributed by atoms with E-state index in [9.17, 15) is 10.1 Å². The number of pyridine rings is 1. The summed E-state index contributed by atoms with van der Waals surface area (Å²) in [7, 11) is 0. The lowest BCUT2D eigenvalue weighted by molar-refractivity contribution is -0.389. The van der Waals surface area contributed by atoms with E-state index in [0.717, 1.165) is 12.1 Å². The number of hydrogen-bond acceptors (Lipinski definition) is 3. The van der Waals surface area contributed by atoms with Crippen molar-refractivity contribution in [2.24, 2.45) is 0 Å². The van der Waals surface area contributed by atoms with Crippen molar-refractivity contribution in [3.8, 4) is 0 Å². The molecule has 0 radical (unpaired) electrons. The van der Waals surface area contributed by atoms with Gasteiger partial charge >= 0.3 is 5.82 Å². The molecular weight excluding hydrogens is 144 g/mol. The molecule has 0 aromatic carbocycles. The molecule has 0 saturated carbocycles. The maximum Gasteiger partial charge on any atom is 0.363 e. The molecular formula is C7H8N2O2. The van der Waals surface area contributed by atoms with E-state index in [-0.39, 0.29) is 5.82 Å². The summed E-state index contributed by atoms with van der Waals surface area (Å²) in [6.07, 6.45) is 0.724. The largest absolute Gasteiger partial charge is 0.363 e. The van der Waals surface area contributed by atoms with E-state index in [1.54, 1.807) is 12.1 Å². The minimum Gasteiger partial charge on any atom is -0.358 e. The van der Waals surface area contributed by atoms with Gasteiger partial charge in [0.25, 0.3) is 0 Å². The highest BCUT2D eigenvalue weighted by molar-refractivity contribution is 5.21. The van der Waals surface area contributed by atoms with Gasteiger partial charge in [-0.25, -0.2) is 0 Å². The van der Waals surface area contributed by atoms with Crippen LogP contribution >= 0.6 is 0 Å². The van der Waals surface area contributed by atoms with E-state index in [1.165, 1.54) is 6.07 Å². The average molecular weight is 152 g/mol. The topological polar surface area (TPSA) is 56.0 Å². The number of rotatable bonds is 2. The molecule has 0 atom stereocenters. The summed E-state index contributed by atoms with van der Waals surface area (Å²) < 4.78 is 0. The molecule has 0 amide bonds. The predicted octanol–water partition coefficient (Wildman–Crippen LogP) is 1.55. The van der Waals surface area contributed by atoms with E-state index in [2.05, 4.69) is 4.98 Å². The maximum absolute atomic E-state index is 10.2. The quantitative estimate of drug-likeness (QED) is 0.477. The molecule has 0 spiro atoms. The summed E-state index contributed by atoms with van der Waals surface area (Å²) in [6.45, 7) is 1.91. The number of hydrogen-bond donors (Lipinski definition) is 0. The first-order valence-corrected chi connectivity index (χ1v) is 3.34. The fraction of sp³-hybridized carbons (Fsp3) is 0.286. The Labute approximate surface area is 64.0 Å². The van der Waals surface area contributed by atoms with Gasteiger partial charge in [0.05, 0.1) is 0 Å². The van der Waals surface area contributed by atoms with Crippen LogP contribution in [0.4, 0.5) is 5.82 Å². The molecule has 0 bridgehead atoms. The van der Waals surface area contributed by atoms with E-state index >= 15 is 0 Å². The van der Waals surface area contributed by atoms with Gasteiger partial charge in [-0.3, -0.25) is 0 Å². The standard InChI is InChI=1S/C7H8N2O2/c1-2-6-4-3-5-7(8-6)9(10)11/h3-5H,2H2,1H3. The van der Waals surface area contributed by atoms with Crippen molar-refractivity contribution < 1.29 is 4.92 Å². The van der Waals surface area contributed by atoms with E-state index in [4.69, 9.17) is 0 Å².